The van der Waals surface area contributed by atoms with Gasteiger partial charge in [0.1, 0.15) is 0 Å². The molecule has 0 saturated heterocycles. The van der Waals surface area contributed by atoms with Gasteiger partial charge in [0.25, 0.3) is 0 Å². The SMILES string of the molecule is Cc1ccc(C(=O)[C@H]2CC[C@H]3[C@@H]4CC[C@@H]5C[C@](C)(O)CC[C@@H]5[C@H]4CC[C@]23C)cc1.Cc1ccc(C(=O)[C@H]2CC[C@H]3[C@@H]4CC[C@@H]5C[C@](C)(O)CC[C@@H]5[C@H]4CC[C@]23C)cc1.Cc1ccc(C(=O)[C@H]2CC[C@H]3[C@@H]4CC[C@@H]5C[C@](C)(O)CC[C@]5(C)[C@H]4CC[C@]23C)cc1.Cc1ccc(C(=O)[C@H]2CC[C@H]3[C@@H]4CC[C@@H]5C[C@](C)(O)CC[C@]5(C)[C@H]4CC[C@]23C)cc1.Cc1ccccc1C(=O)[C@H]1CC[C@H]2[C@@H]3CC[C@@H]4C[C@](C)(O)CC[C@]4(C)[C@H]3CC[C@]12C. The van der Waals surface area contributed by atoms with Gasteiger partial charge in [-0.05, 0) is 537 Å². The smallest absolute Gasteiger partial charge is 0.166 e. The van der Waals surface area contributed by atoms with Crippen molar-refractivity contribution in [1.82, 2.24) is 0 Å². The molecule has 0 unspecified atom stereocenters. The number of carbonyl (C=O) groups is 5. The standard InChI is InChI=1S/3C28H40O2.2C27H38O2/c2*1-18-5-7-19(8-6-18)25(29)24-12-11-22-21-10-9-20-17-26(2,30)15-16-27(20,3)23(21)13-14-28(22,24)4;1-18-7-5-6-8-20(18)25(29)24-12-11-22-21-10-9-19-17-26(2,30)15-16-27(19,3)23(21)13-14-28(22,24)4;2*1-17-4-6-18(7-5-17)25(28)24-11-10-23-22-9-8-19-16-26(2,29)14-12-20(19)21(22)13-15-27(23,24)3/h2*5-8,20-24,30H,9-17H2,1-4H3;5-8,19,21-24,30H,9-17H2,1-4H3;2*4-7,19-24,29H,8-16H2,1-3H3/t2*20-,21+,22+,23+,24-,26-,27+,28+;19-,21+,22+,23+,24-,26-,27+,28+;2*19-,20+,21-,22-,23+,24-,26-,27+/m11111/s1. The molecule has 20 aliphatic rings. The maximum Gasteiger partial charge on any atom is 0.166 e. The molecule has 10 nitrogen and oxygen atoms in total. The van der Waals surface area contributed by atoms with E-state index in [0.717, 1.165) is 224 Å². The molecule has 0 heterocycles. The second kappa shape index (κ2) is 40.1. The molecule has 5 aromatic carbocycles. The third-order valence-corrected chi connectivity index (χ3v) is 51.7. The number of aryl methyl sites for hydroxylation is 5. The molecule has 5 aromatic rings. The van der Waals surface area contributed by atoms with Crippen molar-refractivity contribution < 1.29 is 49.5 Å². The first kappa shape index (κ1) is 108. The molecule has 0 aliphatic heterocycles. The second-order valence-electron chi connectivity index (χ2n) is 59.9. The van der Waals surface area contributed by atoms with E-state index in [1.807, 2.05) is 80.6 Å². The van der Waals surface area contributed by atoms with Crippen LogP contribution in [0.4, 0.5) is 0 Å². The summed E-state index contributed by atoms with van der Waals surface area (Å²) in [6.07, 6.45) is 52.9. The molecule has 20 saturated carbocycles. The Morgan fingerprint density at radius 2 is 0.439 bits per heavy atom. The number of hydrogen-bond acceptors (Lipinski definition) is 10. The summed E-state index contributed by atoms with van der Waals surface area (Å²) in [6, 6.07) is 41.2. The number of rotatable bonds is 10. The van der Waals surface area contributed by atoms with Crippen LogP contribution in [-0.4, -0.2) is 82.5 Å². The van der Waals surface area contributed by atoms with Gasteiger partial charge in [0.15, 0.2) is 28.9 Å². The summed E-state index contributed by atoms with van der Waals surface area (Å²) in [4.78, 5) is 67.5. The summed E-state index contributed by atoms with van der Waals surface area (Å²) in [6.45, 7) is 40.6. The third-order valence-electron chi connectivity index (χ3n) is 51.7. The molecule has 148 heavy (non-hydrogen) atoms. The zero-order chi connectivity index (χ0) is 105. The molecule has 808 valence electrons. The maximum atomic E-state index is 13.6. The molecule has 40 atom stereocenters. The lowest BCUT2D eigenvalue weighted by molar-refractivity contribution is -0.144. The van der Waals surface area contributed by atoms with Gasteiger partial charge in [0.2, 0.25) is 0 Å². The number of ketones is 5. The fraction of sp³-hybridized carbons (Fsp3) is 0.746. The van der Waals surface area contributed by atoms with Gasteiger partial charge in [-0.3, -0.25) is 24.0 Å². The molecular formula is C138H196O10. The van der Waals surface area contributed by atoms with Crippen LogP contribution in [0.3, 0.4) is 0 Å². The quantitative estimate of drug-likeness (QED) is 0.0843. The van der Waals surface area contributed by atoms with Crippen molar-refractivity contribution in [3.63, 3.8) is 0 Å². The molecule has 5 N–H and O–H groups in total. The first-order valence-electron chi connectivity index (χ1n) is 61.7. The Bertz CT molecular complexity index is 5360. The maximum absolute atomic E-state index is 13.6. The van der Waals surface area contributed by atoms with Gasteiger partial charge in [-0.2, -0.15) is 0 Å². The van der Waals surface area contributed by atoms with E-state index in [9.17, 15) is 49.5 Å². The molecule has 25 rings (SSSR count). The predicted octanol–water partition coefficient (Wildman–Crippen LogP) is 32.2. The number of aliphatic hydroxyl groups is 5. The molecule has 0 amide bonds. The van der Waals surface area contributed by atoms with Gasteiger partial charge in [-0.1, -0.05) is 199 Å². The first-order valence-corrected chi connectivity index (χ1v) is 61.7. The highest BCUT2D eigenvalue weighted by atomic mass is 16.3. The molecule has 20 aliphatic carbocycles. The normalized spacial score (nSPS) is 47.3. The summed E-state index contributed by atoms with van der Waals surface area (Å²) in [5.74, 6) is 19.7. The van der Waals surface area contributed by atoms with E-state index in [-0.39, 0.29) is 56.7 Å². The highest BCUT2D eigenvalue weighted by molar-refractivity contribution is 6.01. The van der Waals surface area contributed by atoms with Crippen LogP contribution in [0.25, 0.3) is 0 Å². The van der Waals surface area contributed by atoms with Crippen LogP contribution in [0.1, 0.15) is 459 Å². The van der Waals surface area contributed by atoms with Crippen molar-refractivity contribution in [3.8, 4) is 0 Å². The topological polar surface area (TPSA) is 186 Å². The lowest BCUT2D eigenvalue weighted by atomic mass is 9.44. The van der Waals surface area contributed by atoms with Gasteiger partial charge in [0, 0.05) is 57.4 Å². The Hall–Kier alpha value is -5.75. The lowest BCUT2D eigenvalue weighted by Gasteiger charge is -2.61. The average Bonchev–Trinajstić information content (AvgIpc) is 1.40. The molecule has 0 radical (unpaired) electrons. The van der Waals surface area contributed by atoms with Crippen molar-refractivity contribution in [1.29, 1.82) is 0 Å². The Balaban J connectivity index is 0.000000108. The minimum absolute atomic E-state index is 0.171. The van der Waals surface area contributed by atoms with Gasteiger partial charge in [-0.15, -0.1) is 0 Å². The van der Waals surface area contributed by atoms with E-state index in [0.29, 0.717) is 80.7 Å². The van der Waals surface area contributed by atoms with Crippen molar-refractivity contribution >= 4 is 28.9 Å². The molecule has 20 fully saturated rings. The third kappa shape index (κ3) is 19.3. The van der Waals surface area contributed by atoms with E-state index in [1.54, 1.807) is 0 Å². The van der Waals surface area contributed by atoms with Crippen LogP contribution in [0.15, 0.2) is 121 Å². The minimum atomic E-state index is -0.460. The van der Waals surface area contributed by atoms with Crippen molar-refractivity contribution in [2.45, 2.75) is 442 Å². The number of benzene rings is 5. The fourth-order valence-corrected chi connectivity index (χ4v) is 43.3. The summed E-state index contributed by atoms with van der Waals surface area (Å²) in [5, 5.41) is 53.3. The summed E-state index contributed by atoms with van der Waals surface area (Å²) in [7, 11) is 0. The summed E-state index contributed by atoms with van der Waals surface area (Å²) >= 11 is 0. The number of hydrogen-bond donors (Lipinski definition) is 5. The van der Waals surface area contributed by atoms with Crippen molar-refractivity contribution in [2.75, 3.05) is 0 Å². The van der Waals surface area contributed by atoms with E-state index < -0.39 is 28.0 Å². The average molecular weight is 2020 g/mol. The van der Waals surface area contributed by atoms with Gasteiger partial charge < -0.3 is 25.5 Å². The van der Waals surface area contributed by atoms with Crippen LogP contribution in [0.5, 0.6) is 0 Å². The monoisotopic (exact) mass is 2010 g/mol. The van der Waals surface area contributed by atoms with Gasteiger partial charge >= 0.3 is 0 Å². The largest absolute Gasteiger partial charge is 0.390 e. The molecular weight excluding hydrogens is 1820 g/mol. The molecule has 0 bridgehead atoms. The van der Waals surface area contributed by atoms with E-state index in [1.165, 1.54) is 215 Å². The van der Waals surface area contributed by atoms with Crippen molar-refractivity contribution in [3.05, 3.63) is 177 Å². The van der Waals surface area contributed by atoms with Crippen LogP contribution in [0, 0.1) is 238 Å². The Morgan fingerprint density at radius 1 is 0.203 bits per heavy atom. The van der Waals surface area contributed by atoms with E-state index in [2.05, 4.69) is 165 Å². The van der Waals surface area contributed by atoms with Crippen LogP contribution in [-0.2, 0) is 0 Å². The lowest BCUT2D eigenvalue weighted by Crippen LogP contribution is -2.55. The highest BCUT2D eigenvalue weighted by Gasteiger charge is 2.69. The molecule has 0 spiro atoms. The zero-order valence-electron chi connectivity index (χ0n) is 95.2. The zero-order valence-corrected chi connectivity index (χ0v) is 95.2. The Morgan fingerprint density at radius 3 is 0.723 bits per heavy atom. The Kier molecular flexibility index (Phi) is 29.2. The highest BCUT2D eigenvalue weighted by Crippen LogP contribution is 2.75. The predicted molar refractivity (Wildman–Crippen MR) is 598 cm³/mol. The van der Waals surface area contributed by atoms with E-state index >= 15 is 0 Å². The van der Waals surface area contributed by atoms with Crippen molar-refractivity contribution in [2.24, 2.45) is 203 Å². The number of carbonyl (C=O) groups excluding carboxylic acids is 5. The van der Waals surface area contributed by atoms with E-state index in [4.69, 9.17) is 0 Å². The number of fused-ring (bicyclic) bond motifs is 25. The number of Topliss-reactive ketones (excluding diaryl/α,β-unsaturated/α-hetero) is 5. The first-order chi connectivity index (χ1) is 70.0. The second-order valence-corrected chi connectivity index (χ2v) is 59.9. The van der Waals surface area contributed by atoms with Crippen LogP contribution in [0.2, 0.25) is 0 Å². The fourth-order valence-electron chi connectivity index (χ4n) is 43.3. The molecule has 10 heteroatoms. The van der Waals surface area contributed by atoms with Gasteiger partial charge in [0.05, 0.1) is 28.0 Å². The minimum Gasteiger partial charge on any atom is -0.390 e. The van der Waals surface area contributed by atoms with Gasteiger partial charge in [-0.25, -0.2) is 0 Å². The molecule has 0 aromatic heterocycles. The Labute approximate surface area is 894 Å². The van der Waals surface area contributed by atoms with Crippen LogP contribution >= 0.6 is 0 Å². The summed E-state index contributed by atoms with van der Waals surface area (Å²) < 4.78 is 0. The summed E-state index contributed by atoms with van der Waals surface area (Å²) in [5.41, 5.74) is 10.5. The van der Waals surface area contributed by atoms with Crippen LogP contribution < -0.4 is 0 Å².